The Hall–Kier alpha value is -0.990. The molecule has 86 valence electrons. The van der Waals surface area contributed by atoms with Crippen molar-refractivity contribution in [1.29, 1.82) is 0 Å². The smallest absolute Gasteiger partial charge is 0.215 e. The first kappa shape index (κ1) is 12.1. The SMILES string of the molecule is CC(C)C.Cc1nn2c(c1C)OCCC2. The van der Waals surface area contributed by atoms with Gasteiger partial charge in [0.15, 0.2) is 0 Å². The second kappa shape index (κ2) is 5.19. The van der Waals surface area contributed by atoms with Crippen LogP contribution >= 0.6 is 0 Å². The molecule has 0 N–H and O–H groups in total. The Labute approximate surface area is 92.4 Å². The minimum absolute atomic E-state index is 0.833. The molecule has 3 heteroatoms. The number of fused-ring (bicyclic) bond motifs is 1. The van der Waals surface area contributed by atoms with E-state index in [1.54, 1.807) is 0 Å². The van der Waals surface area contributed by atoms with Crippen LogP contribution in [-0.2, 0) is 6.54 Å². The molecule has 0 fully saturated rings. The molecular formula is C12H22N2O. The third-order valence-corrected chi connectivity index (χ3v) is 2.12. The molecule has 0 aliphatic carbocycles. The molecule has 15 heavy (non-hydrogen) atoms. The van der Waals surface area contributed by atoms with E-state index in [1.807, 2.05) is 11.6 Å². The number of rotatable bonds is 0. The van der Waals surface area contributed by atoms with Crippen LogP contribution in [0.5, 0.6) is 5.88 Å². The van der Waals surface area contributed by atoms with Crippen LogP contribution in [0.3, 0.4) is 0 Å². The fourth-order valence-electron chi connectivity index (χ4n) is 1.37. The fraction of sp³-hybridized carbons (Fsp3) is 0.750. The number of nitrogens with zero attached hydrogens (tertiary/aromatic N) is 2. The fourth-order valence-corrected chi connectivity index (χ4v) is 1.37. The molecule has 0 unspecified atom stereocenters. The molecule has 0 radical (unpaired) electrons. The summed E-state index contributed by atoms with van der Waals surface area (Å²) >= 11 is 0. The summed E-state index contributed by atoms with van der Waals surface area (Å²) in [4.78, 5) is 0. The quantitative estimate of drug-likeness (QED) is 0.658. The highest BCUT2D eigenvalue weighted by Crippen LogP contribution is 2.23. The van der Waals surface area contributed by atoms with Crippen molar-refractivity contribution in [2.45, 2.75) is 47.6 Å². The van der Waals surface area contributed by atoms with Crippen LogP contribution < -0.4 is 4.74 Å². The van der Waals surface area contributed by atoms with E-state index < -0.39 is 0 Å². The zero-order valence-electron chi connectivity index (χ0n) is 10.5. The number of hydrogen-bond acceptors (Lipinski definition) is 2. The summed E-state index contributed by atoms with van der Waals surface area (Å²) in [6.45, 7) is 12.4. The highest BCUT2D eigenvalue weighted by atomic mass is 16.5. The summed E-state index contributed by atoms with van der Waals surface area (Å²) < 4.78 is 7.43. The Morgan fingerprint density at radius 3 is 2.40 bits per heavy atom. The molecular weight excluding hydrogens is 188 g/mol. The van der Waals surface area contributed by atoms with Crippen molar-refractivity contribution in [2.24, 2.45) is 5.92 Å². The largest absolute Gasteiger partial charge is 0.478 e. The summed E-state index contributed by atoms with van der Waals surface area (Å²) in [7, 11) is 0. The van der Waals surface area contributed by atoms with E-state index in [-0.39, 0.29) is 0 Å². The van der Waals surface area contributed by atoms with Crippen molar-refractivity contribution in [3.05, 3.63) is 11.3 Å². The second-order valence-corrected chi connectivity index (χ2v) is 4.67. The van der Waals surface area contributed by atoms with Crippen LogP contribution in [0.4, 0.5) is 0 Å². The number of aryl methyl sites for hydroxylation is 2. The summed E-state index contributed by atoms with van der Waals surface area (Å²) in [6.07, 6.45) is 1.08. The Bertz CT molecular complexity index is 313. The van der Waals surface area contributed by atoms with Crippen LogP contribution in [0.1, 0.15) is 38.4 Å². The number of aromatic nitrogens is 2. The van der Waals surface area contributed by atoms with Crippen molar-refractivity contribution in [1.82, 2.24) is 9.78 Å². The van der Waals surface area contributed by atoms with E-state index in [1.165, 1.54) is 5.56 Å². The number of ether oxygens (including phenoxy) is 1. The van der Waals surface area contributed by atoms with E-state index in [0.717, 1.165) is 37.1 Å². The zero-order chi connectivity index (χ0) is 11.4. The van der Waals surface area contributed by atoms with Gasteiger partial charge in [-0.3, -0.25) is 0 Å². The predicted octanol–water partition coefficient (Wildman–Crippen LogP) is 2.94. The van der Waals surface area contributed by atoms with Crippen LogP contribution in [0.15, 0.2) is 0 Å². The molecule has 0 aromatic carbocycles. The second-order valence-electron chi connectivity index (χ2n) is 4.67. The molecule has 0 bridgehead atoms. The lowest BCUT2D eigenvalue weighted by molar-refractivity contribution is 0.229. The minimum atomic E-state index is 0.833. The predicted molar refractivity (Wildman–Crippen MR) is 62.3 cm³/mol. The molecule has 3 nitrogen and oxygen atoms in total. The minimum Gasteiger partial charge on any atom is -0.478 e. The molecule has 2 rings (SSSR count). The summed E-state index contributed by atoms with van der Waals surface area (Å²) in [5, 5.41) is 4.34. The van der Waals surface area contributed by atoms with Crippen LogP contribution in [0, 0.1) is 19.8 Å². The van der Waals surface area contributed by atoms with Gasteiger partial charge in [0.25, 0.3) is 0 Å². The van der Waals surface area contributed by atoms with Gasteiger partial charge in [-0.15, -0.1) is 0 Å². The maximum absolute atomic E-state index is 5.48. The first-order chi connectivity index (χ1) is 7.02. The molecule has 0 saturated carbocycles. The molecule has 0 saturated heterocycles. The average molecular weight is 210 g/mol. The van der Waals surface area contributed by atoms with Crippen LogP contribution in [-0.4, -0.2) is 16.4 Å². The molecule has 1 aliphatic rings. The highest BCUT2D eigenvalue weighted by molar-refractivity contribution is 5.29. The Morgan fingerprint density at radius 2 is 1.87 bits per heavy atom. The number of hydrogen-bond donors (Lipinski definition) is 0. The zero-order valence-corrected chi connectivity index (χ0v) is 10.5. The van der Waals surface area contributed by atoms with E-state index in [0.29, 0.717) is 0 Å². The molecule has 2 heterocycles. The molecule has 1 aliphatic heterocycles. The van der Waals surface area contributed by atoms with Crippen LogP contribution in [0.2, 0.25) is 0 Å². The van der Waals surface area contributed by atoms with E-state index >= 15 is 0 Å². The first-order valence-corrected chi connectivity index (χ1v) is 5.69. The Balaban J connectivity index is 0.000000245. The summed E-state index contributed by atoms with van der Waals surface area (Å²) in [5.74, 6) is 1.80. The van der Waals surface area contributed by atoms with Gasteiger partial charge in [-0.2, -0.15) is 5.10 Å². The maximum atomic E-state index is 5.48. The van der Waals surface area contributed by atoms with Gasteiger partial charge in [0, 0.05) is 18.5 Å². The lowest BCUT2D eigenvalue weighted by Gasteiger charge is -2.14. The lowest BCUT2D eigenvalue weighted by Crippen LogP contribution is -2.14. The molecule has 0 atom stereocenters. The third kappa shape index (κ3) is 3.26. The van der Waals surface area contributed by atoms with E-state index in [2.05, 4.69) is 32.8 Å². The van der Waals surface area contributed by atoms with Crippen molar-refractivity contribution in [2.75, 3.05) is 6.61 Å². The van der Waals surface area contributed by atoms with Crippen molar-refractivity contribution < 1.29 is 4.74 Å². The van der Waals surface area contributed by atoms with Gasteiger partial charge >= 0.3 is 0 Å². The van der Waals surface area contributed by atoms with Gasteiger partial charge in [-0.05, 0) is 19.8 Å². The van der Waals surface area contributed by atoms with Crippen LogP contribution in [0.25, 0.3) is 0 Å². The average Bonchev–Trinajstić information content (AvgIpc) is 2.43. The first-order valence-electron chi connectivity index (χ1n) is 5.69. The molecule has 1 aromatic rings. The standard InChI is InChI=1S/C8H12N2O.C4H10/c1-6-7(2)9-10-4-3-5-11-8(6)10;1-4(2)3/h3-5H2,1-2H3;4H,1-3H3. The van der Waals surface area contributed by atoms with Gasteiger partial charge in [0.05, 0.1) is 12.3 Å². The van der Waals surface area contributed by atoms with Crippen molar-refractivity contribution in [3.8, 4) is 5.88 Å². The van der Waals surface area contributed by atoms with Gasteiger partial charge in [0.2, 0.25) is 5.88 Å². The Morgan fingerprint density at radius 1 is 1.27 bits per heavy atom. The molecule has 0 amide bonds. The summed E-state index contributed by atoms with van der Waals surface area (Å²) in [5.41, 5.74) is 2.27. The topological polar surface area (TPSA) is 27.1 Å². The van der Waals surface area contributed by atoms with Crippen molar-refractivity contribution >= 4 is 0 Å². The highest BCUT2D eigenvalue weighted by Gasteiger charge is 2.15. The third-order valence-electron chi connectivity index (χ3n) is 2.12. The summed E-state index contributed by atoms with van der Waals surface area (Å²) in [6, 6.07) is 0. The van der Waals surface area contributed by atoms with Gasteiger partial charge in [-0.25, -0.2) is 4.68 Å². The van der Waals surface area contributed by atoms with Gasteiger partial charge in [0.1, 0.15) is 0 Å². The van der Waals surface area contributed by atoms with E-state index in [9.17, 15) is 0 Å². The van der Waals surface area contributed by atoms with Crippen molar-refractivity contribution in [3.63, 3.8) is 0 Å². The van der Waals surface area contributed by atoms with Gasteiger partial charge in [-0.1, -0.05) is 20.8 Å². The lowest BCUT2D eigenvalue weighted by atomic mass is 10.3. The molecule has 0 spiro atoms. The van der Waals surface area contributed by atoms with Gasteiger partial charge < -0.3 is 4.74 Å². The van der Waals surface area contributed by atoms with E-state index in [4.69, 9.17) is 4.74 Å². The molecule has 1 aromatic heterocycles. The normalized spacial score (nSPS) is 14.0. The Kier molecular flexibility index (Phi) is 4.18. The maximum Gasteiger partial charge on any atom is 0.215 e. The monoisotopic (exact) mass is 210 g/mol.